The van der Waals surface area contributed by atoms with Gasteiger partial charge in [-0.05, 0) is 45.7 Å². The van der Waals surface area contributed by atoms with Gasteiger partial charge in [0.15, 0.2) is 0 Å². The topological polar surface area (TPSA) is 114 Å². The molecule has 3 amide bonds. The minimum Gasteiger partial charge on any atom is -0.444 e. The molecule has 0 bridgehead atoms. The molecule has 3 heterocycles. The Morgan fingerprint density at radius 1 is 1.15 bits per heavy atom. The van der Waals surface area contributed by atoms with Crippen molar-refractivity contribution in [2.45, 2.75) is 58.7 Å². The first-order chi connectivity index (χ1) is 16.0. The number of fused-ring (bicyclic) bond motifs is 1. The number of carbonyl (C=O) groups is 3. The molecule has 0 saturated carbocycles. The normalized spacial score (nSPS) is 19.9. The maximum Gasteiger partial charge on any atom is 0.410 e. The first-order valence-corrected chi connectivity index (χ1v) is 11.6. The Bertz CT molecular complexity index is 1190. The number of hydrogen-bond acceptors (Lipinski definition) is 7. The van der Waals surface area contributed by atoms with Crippen LogP contribution in [0.1, 0.15) is 51.0 Å². The molecule has 34 heavy (non-hydrogen) atoms. The quantitative estimate of drug-likeness (QED) is 0.681. The fourth-order valence-corrected chi connectivity index (χ4v) is 4.51. The first kappa shape index (κ1) is 23.9. The van der Waals surface area contributed by atoms with Crippen molar-refractivity contribution in [1.29, 1.82) is 0 Å². The lowest BCUT2D eigenvalue weighted by atomic mass is 10.0. The Hall–Kier alpha value is -3.27. The minimum absolute atomic E-state index is 0.184. The lowest BCUT2D eigenvalue weighted by molar-refractivity contribution is -0.135. The zero-order chi connectivity index (χ0) is 24.6. The van der Waals surface area contributed by atoms with Crippen LogP contribution < -0.4 is 10.9 Å². The van der Waals surface area contributed by atoms with E-state index in [0.717, 1.165) is 5.56 Å². The van der Waals surface area contributed by atoms with Crippen LogP contribution in [0.15, 0.2) is 23.0 Å². The number of hydrogen-bond donors (Lipinski definition) is 1. The predicted molar refractivity (Wildman–Crippen MR) is 125 cm³/mol. The summed E-state index contributed by atoms with van der Waals surface area (Å²) >= 11 is 0. The maximum atomic E-state index is 13.6. The summed E-state index contributed by atoms with van der Waals surface area (Å²) in [6.07, 6.45) is 0.140. The second-order valence-electron chi connectivity index (χ2n) is 9.86. The number of piperidine rings is 1. The van der Waals surface area contributed by atoms with Crippen molar-refractivity contribution in [2.75, 3.05) is 26.2 Å². The molecule has 0 aliphatic carbocycles. The number of aryl methyl sites for hydroxylation is 1. The highest BCUT2D eigenvalue weighted by Gasteiger charge is 2.31. The van der Waals surface area contributed by atoms with Gasteiger partial charge in [-0.15, -0.1) is 0 Å². The smallest absolute Gasteiger partial charge is 0.410 e. The van der Waals surface area contributed by atoms with E-state index in [9.17, 15) is 19.2 Å². The molecule has 1 unspecified atom stereocenters. The lowest BCUT2D eigenvalue weighted by Gasteiger charge is -2.35. The van der Waals surface area contributed by atoms with Gasteiger partial charge in [0.1, 0.15) is 17.5 Å². The van der Waals surface area contributed by atoms with Crippen LogP contribution >= 0.6 is 0 Å². The first-order valence-electron chi connectivity index (χ1n) is 11.6. The van der Waals surface area contributed by atoms with E-state index < -0.39 is 17.6 Å². The highest BCUT2D eigenvalue weighted by atomic mass is 16.6. The van der Waals surface area contributed by atoms with Crippen LogP contribution in [-0.4, -0.2) is 69.0 Å². The van der Waals surface area contributed by atoms with Crippen LogP contribution in [-0.2, 0) is 20.9 Å². The lowest BCUT2D eigenvalue weighted by Crippen LogP contribution is -2.49. The van der Waals surface area contributed by atoms with Gasteiger partial charge >= 0.3 is 6.09 Å². The number of nitrogens with one attached hydrogen (secondary N) is 1. The van der Waals surface area contributed by atoms with Crippen LogP contribution in [0.3, 0.4) is 0 Å². The summed E-state index contributed by atoms with van der Waals surface area (Å²) in [6.45, 7) is 10.1. The fourth-order valence-electron chi connectivity index (χ4n) is 4.51. The molecular formula is C24H31N5O5. The number of imide groups is 1. The largest absolute Gasteiger partial charge is 0.444 e. The number of amides is 3. The number of benzene rings is 1. The van der Waals surface area contributed by atoms with Gasteiger partial charge in [0.2, 0.25) is 11.8 Å². The number of carbonyl (C=O) groups excluding carboxylic acids is 3. The summed E-state index contributed by atoms with van der Waals surface area (Å²) in [6, 6.07) is 4.81. The van der Waals surface area contributed by atoms with Crippen molar-refractivity contribution in [3.63, 3.8) is 0 Å². The Balaban J connectivity index is 1.56. The minimum atomic E-state index is -0.757. The van der Waals surface area contributed by atoms with E-state index in [1.54, 1.807) is 17.9 Å². The van der Waals surface area contributed by atoms with Gasteiger partial charge in [-0.1, -0.05) is 12.1 Å². The van der Waals surface area contributed by atoms with Crippen LogP contribution in [0.5, 0.6) is 0 Å². The number of nitrogens with zero attached hydrogens (tertiary/aromatic N) is 4. The van der Waals surface area contributed by atoms with E-state index in [1.165, 1.54) is 4.57 Å². The number of rotatable bonds is 3. The third-order valence-electron chi connectivity index (χ3n) is 6.13. The molecule has 2 aromatic rings. The zero-order valence-corrected chi connectivity index (χ0v) is 20.1. The molecule has 10 heteroatoms. The van der Waals surface area contributed by atoms with Crippen molar-refractivity contribution < 1.29 is 19.1 Å². The van der Waals surface area contributed by atoms with Gasteiger partial charge in [0.25, 0.3) is 5.56 Å². The standard InChI is InChI=1S/C24H31N5O5/c1-15-25-17-7-5-6-16(14-27-10-12-28(13-11-27)23(33)34-24(2,3)4)20(17)22(32)29(15)18-8-9-19(30)26-21(18)31/h5-7,18H,8-14H2,1-4H3,(H,26,30,31). The van der Waals surface area contributed by atoms with Crippen LogP contribution in [0.2, 0.25) is 0 Å². The predicted octanol–water partition coefficient (Wildman–Crippen LogP) is 1.74. The van der Waals surface area contributed by atoms with E-state index in [0.29, 0.717) is 49.5 Å². The Labute approximate surface area is 197 Å². The summed E-state index contributed by atoms with van der Waals surface area (Å²) in [5.74, 6) is -0.361. The summed E-state index contributed by atoms with van der Waals surface area (Å²) in [5.41, 5.74) is 0.586. The molecule has 182 valence electrons. The second-order valence-corrected chi connectivity index (χ2v) is 9.86. The van der Waals surface area contributed by atoms with E-state index in [2.05, 4.69) is 15.2 Å². The van der Waals surface area contributed by atoms with Crippen molar-refractivity contribution in [1.82, 2.24) is 24.7 Å². The van der Waals surface area contributed by atoms with Gasteiger partial charge in [0.05, 0.1) is 10.9 Å². The molecule has 2 aliphatic heterocycles. The van der Waals surface area contributed by atoms with E-state index in [1.807, 2.05) is 32.9 Å². The van der Waals surface area contributed by atoms with Crippen molar-refractivity contribution in [2.24, 2.45) is 0 Å². The molecule has 1 aromatic heterocycles. The van der Waals surface area contributed by atoms with Gasteiger partial charge in [0, 0.05) is 39.1 Å². The Morgan fingerprint density at radius 2 is 1.85 bits per heavy atom. The van der Waals surface area contributed by atoms with E-state index in [-0.39, 0.29) is 30.4 Å². The second kappa shape index (κ2) is 9.17. The summed E-state index contributed by atoms with van der Waals surface area (Å²) in [5, 5.41) is 2.80. The third kappa shape index (κ3) is 4.96. The highest BCUT2D eigenvalue weighted by molar-refractivity contribution is 5.99. The monoisotopic (exact) mass is 469 g/mol. The fraction of sp³-hybridized carbons (Fsp3) is 0.542. The number of piperazine rings is 1. The highest BCUT2D eigenvalue weighted by Crippen LogP contribution is 2.22. The average Bonchev–Trinajstić information content (AvgIpc) is 2.74. The SMILES string of the molecule is Cc1nc2cccc(CN3CCN(C(=O)OC(C)(C)C)CC3)c2c(=O)n1C1CCC(=O)NC1=O. The van der Waals surface area contributed by atoms with Gasteiger partial charge in [-0.25, -0.2) is 9.78 Å². The molecule has 0 spiro atoms. The van der Waals surface area contributed by atoms with Gasteiger partial charge in [-0.3, -0.25) is 29.2 Å². The molecule has 2 saturated heterocycles. The molecule has 2 aliphatic rings. The van der Waals surface area contributed by atoms with Crippen molar-refractivity contribution in [3.05, 3.63) is 39.9 Å². The molecule has 1 aromatic carbocycles. The summed E-state index contributed by atoms with van der Waals surface area (Å²) < 4.78 is 6.87. The third-order valence-corrected chi connectivity index (χ3v) is 6.13. The van der Waals surface area contributed by atoms with Crippen LogP contribution in [0.4, 0.5) is 4.79 Å². The molecule has 1 N–H and O–H groups in total. The zero-order valence-electron chi connectivity index (χ0n) is 20.1. The van der Waals surface area contributed by atoms with Gasteiger partial charge < -0.3 is 9.64 Å². The summed E-state index contributed by atoms with van der Waals surface area (Å²) in [4.78, 5) is 58.4. The Morgan fingerprint density at radius 3 is 2.50 bits per heavy atom. The Kier molecular flexibility index (Phi) is 6.44. The summed E-state index contributed by atoms with van der Waals surface area (Å²) in [7, 11) is 0. The van der Waals surface area contributed by atoms with Crippen molar-refractivity contribution >= 4 is 28.8 Å². The van der Waals surface area contributed by atoms with Crippen LogP contribution in [0.25, 0.3) is 10.9 Å². The molecule has 10 nitrogen and oxygen atoms in total. The van der Waals surface area contributed by atoms with E-state index >= 15 is 0 Å². The van der Waals surface area contributed by atoms with Crippen molar-refractivity contribution in [3.8, 4) is 0 Å². The molecule has 0 radical (unpaired) electrons. The maximum absolute atomic E-state index is 13.6. The molecule has 1 atom stereocenters. The molecular weight excluding hydrogens is 438 g/mol. The number of ether oxygens (including phenoxy) is 1. The molecule has 4 rings (SSSR count). The average molecular weight is 470 g/mol. The van der Waals surface area contributed by atoms with E-state index in [4.69, 9.17) is 4.74 Å². The van der Waals surface area contributed by atoms with Gasteiger partial charge in [-0.2, -0.15) is 0 Å². The number of aromatic nitrogens is 2. The molecule has 2 fully saturated rings. The van der Waals surface area contributed by atoms with Crippen LogP contribution in [0, 0.1) is 6.92 Å².